The minimum absolute atomic E-state index is 0.267. The molecule has 0 spiro atoms. The number of pyridine rings is 1. The van der Waals surface area contributed by atoms with Gasteiger partial charge in [-0.2, -0.15) is 0 Å². The van der Waals surface area contributed by atoms with Crippen LogP contribution in [0.3, 0.4) is 0 Å². The molecule has 0 aliphatic heterocycles. The van der Waals surface area contributed by atoms with Gasteiger partial charge in [0.2, 0.25) is 5.62 Å². The number of rotatable bonds is 7. The molecule has 7 nitrogen and oxygen atoms in total. The highest BCUT2D eigenvalue weighted by Gasteiger charge is 2.27. The van der Waals surface area contributed by atoms with Crippen molar-refractivity contribution < 1.29 is 0 Å². The molecule has 7 rings (SSSR count). The molecule has 238 valence electrons. The summed E-state index contributed by atoms with van der Waals surface area (Å²) in [6.07, 6.45) is 5.43. The normalized spacial score (nSPS) is 12.2. The first-order chi connectivity index (χ1) is 22.7. The standard InChI is InChI=1S/C40H43N7/c1-24(2)28-15-11-16-29(25(3)4)35(28)45-38-39(43-23-22-42-38)46(36-30(26(5)6)17-12-18-31(36)27(7)8)40(45)44-47-34-20-10-9-14-32(34)33-19-13-21-41-37(33)47/h9-27H,1-8H3. The van der Waals surface area contributed by atoms with E-state index < -0.39 is 0 Å². The van der Waals surface area contributed by atoms with E-state index in [-0.39, 0.29) is 23.7 Å². The van der Waals surface area contributed by atoms with Gasteiger partial charge in [0.15, 0.2) is 16.9 Å². The zero-order chi connectivity index (χ0) is 33.0. The maximum absolute atomic E-state index is 5.65. The Labute approximate surface area is 276 Å². The van der Waals surface area contributed by atoms with Crippen molar-refractivity contribution in [2.24, 2.45) is 5.10 Å². The zero-order valence-electron chi connectivity index (χ0n) is 28.6. The second-order valence-corrected chi connectivity index (χ2v) is 13.7. The second kappa shape index (κ2) is 12.0. The molecular formula is C40H43N7. The highest BCUT2D eigenvalue weighted by atomic mass is 15.4. The van der Waals surface area contributed by atoms with Crippen LogP contribution in [0.15, 0.2) is 96.5 Å². The van der Waals surface area contributed by atoms with Crippen molar-refractivity contribution >= 4 is 33.2 Å². The van der Waals surface area contributed by atoms with Crippen LogP contribution in [0, 0.1) is 0 Å². The average molecular weight is 622 g/mol. The SMILES string of the molecule is CC(C)c1cccc(C(C)C)c1-n1c(=Nn2c3ccccc3c3cccnc32)n(-c2c(C(C)C)cccc2C(C)C)c2nccnc21. The Bertz CT molecular complexity index is 2120. The van der Waals surface area contributed by atoms with Gasteiger partial charge >= 0.3 is 0 Å². The van der Waals surface area contributed by atoms with Gasteiger partial charge in [0.1, 0.15) is 0 Å². The molecule has 0 aliphatic rings. The Morgan fingerprint density at radius 2 is 0.915 bits per heavy atom. The maximum Gasteiger partial charge on any atom is 0.240 e. The summed E-state index contributed by atoms with van der Waals surface area (Å²) in [5.74, 6) is 1.07. The molecule has 0 amide bonds. The monoisotopic (exact) mass is 621 g/mol. The lowest BCUT2D eigenvalue weighted by Gasteiger charge is -2.22. The first-order valence-electron chi connectivity index (χ1n) is 16.8. The third kappa shape index (κ3) is 4.96. The summed E-state index contributed by atoms with van der Waals surface area (Å²) < 4.78 is 6.53. The predicted octanol–water partition coefficient (Wildman–Crippen LogP) is 9.57. The summed E-state index contributed by atoms with van der Waals surface area (Å²) in [6.45, 7) is 18.1. The van der Waals surface area contributed by atoms with E-state index in [4.69, 9.17) is 20.1 Å². The predicted molar refractivity (Wildman–Crippen MR) is 193 cm³/mol. The summed E-state index contributed by atoms with van der Waals surface area (Å²) in [6, 6.07) is 25.9. The number of hydrogen-bond acceptors (Lipinski definition) is 4. The average Bonchev–Trinajstić information content (AvgIpc) is 3.56. The van der Waals surface area contributed by atoms with Crippen molar-refractivity contribution in [3.8, 4) is 11.4 Å². The summed E-state index contributed by atoms with van der Waals surface area (Å²) >= 11 is 0. The highest BCUT2D eigenvalue weighted by Crippen LogP contribution is 2.36. The Kier molecular flexibility index (Phi) is 7.79. The maximum atomic E-state index is 5.65. The van der Waals surface area contributed by atoms with Gasteiger partial charge in [-0.25, -0.2) is 19.6 Å². The van der Waals surface area contributed by atoms with Gasteiger partial charge in [-0.15, -0.1) is 5.10 Å². The zero-order valence-corrected chi connectivity index (χ0v) is 28.6. The lowest BCUT2D eigenvalue weighted by molar-refractivity contribution is 0.734. The molecule has 0 N–H and O–H groups in total. The summed E-state index contributed by atoms with van der Waals surface area (Å²) in [7, 11) is 0. The Balaban J connectivity index is 1.79. The van der Waals surface area contributed by atoms with E-state index in [1.807, 2.05) is 16.9 Å². The number of fused-ring (bicyclic) bond motifs is 4. The summed E-state index contributed by atoms with van der Waals surface area (Å²) in [5, 5.41) is 7.82. The minimum Gasteiger partial charge on any atom is -0.259 e. The fourth-order valence-electron chi connectivity index (χ4n) is 6.94. The third-order valence-electron chi connectivity index (χ3n) is 9.22. The van der Waals surface area contributed by atoms with Gasteiger partial charge in [0.05, 0.1) is 16.9 Å². The highest BCUT2D eigenvalue weighted by molar-refractivity contribution is 6.06. The van der Waals surface area contributed by atoms with Gasteiger partial charge in [-0.1, -0.05) is 110 Å². The van der Waals surface area contributed by atoms with E-state index in [1.165, 1.54) is 22.3 Å². The van der Waals surface area contributed by atoms with Crippen LogP contribution >= 0.6 is 0 Å². The molecular weight excluding hydrogens is 578 g/mol. The van der Waals surface area contributed by atoms with Gasteiger partial charge in [0.25, 0.3) is 0 Å². The van der Waals surface area contributed by atoms with E-state index in [9.17, 15) is 0 Å². The summed E-state index contributed by atoms with van der Waals surface area (Å²) in [4.78, 5) is 15.0. The van der Waals surface area contributed by atoms with Crippen LogP contribution in [0.25, 0.3) is 44.6 Å². The Hall–Kier alpha value is -5.04. The molecule has 0 bridgehead atoms. The Morgan fingerprint density at radius 1 is 0.468 bits per heavy atom. The molecule has 0 saturated heterocycles. The molecule has 4 heterocycles. The van der Waals surface area contributed by atoms with Crippen molar-refractivity contribution in [2.45, 2.75) is 79.1 Å². The number of hydrogen-bond donors (Lipinski definition) is 0. The van der Waals surface area contributed by atoms with E-state index in [2.05, 4.69) is 131 Å². The van der Waals surface area contributed by atoms with Gasteiger partial charge in [-0.3, -0.25) is 9.13 Å². The number of nitrogens with zero attached hydrogens (tertiary/aromatic N) is 7. The molecule has 0 unspecified atom stereocenters. The van der Waals surface area contributed by atoms with Crippen LogP contribution in [0.5, 0.6) is 0 Å². The van der Waals surface area contributed by atoms with Crippen LogP contribution in [0.1, 0.15) is 101 Å². The smallest absolute Gasteiger partial charge is 0.240 e. The molecule has 3 aromatic carbocycles. The lowest BCUT2D eigenvalue weighted by atomic mass is 9.92. The van der Waals surface area contributed by atoms with Gasteiger partial charge in [0, 0.05) is 29.4 Å². The number of imidazole rings is 1. The van der Waals surface area contributed by atoms with E-state index >= 15 is 0 Å². The topological polar surface area (TPSA) is 65.8 Å². The van der Waals surface area contributed by atoms with Crippen molar-refractivity contribution in [1.29, 1.82) is 0 Å². The quantitative estimate of drug-likeness (QED) is 0.178. The molecule has 0 fully saturated rings. The van der Waals surface area contributed by atoms with E-state index in [1.54, 1.807) is 12.4 Å². The van der Waals surface area contributed by atoms with Crippen molar-refractivity contribution in [3.05, 3.63) is 119 Å². The molecule has 7 aromatic rings. The van der Waals surface area contributed by atoms with Crippen LogP contribution in [0.4, 0.5) is 0 Å². The number of para-hydroxylation sites is 3. The van der Waals surface area contributed by atoms with Crippen molar-refractivity contribution in [1.82, 2.24) is 28.8 Å². The molecule has 0 aliphatic carbocycles. The van der Waals surface area contributed by atoms with E-state index in [0.717, 1.165) is 50.2 Å². The van der Waals surface area contributed by atoms with Crippen LogP contribution in [0.2, 0.25) is 0 Å². The third-order valence-corrected chi connectivity index (χ3v) is 9.22. The molecule has 47 heavy (non-hydrogen) atoms. The number of benzene rings is 3. The fraction of sp³-hybridized carbons (Fsp3) is 0.300. The van der Waals surface area contributed by atoms with Crippen LogP contribution < -0.4 is 5.62 Å². The van der Waals surface area contributed by atoms with Gasteiger partial charge < -0.3 is 0 Å². The van der Waals surface area contributed by atoms with E-state index in [0.29, 0.717) is 0 Å². The molecule has 0 radical (unpaired) electrons. The molecule has 4 aromatic heterocycles. The Morgan fingerprint density at radius 3 is 1.40 bits per heavy atom. The van der Waals surface area contributed by atoms with Gasteiger partial charge in [-0.05, 0) is 64.1 Å². The second-order valence-electron chi connectivity index (χ2n) is 13.7. The lowest BCUT2D eigenvalue weighted by Crippen LogP contribution is -2.29. The van der Waals surface area contributed by atoms with Crippen molar-refractivity contribution in [2.75, 3.05) is 0 Å². The number of aromatic nitrogens is 6. The molecule has 7 heteroatoms. The fourth-order valence-corrected chi connectivity index (χ4v) is 6.94. The summed E-state index contributed by atoms with van der Waals surface area (Å²) in [5.41, 5.74) is 11.2. The minimum atomic E-state index is 0.267. The van der Waals surface area contributed by atoms with Crippen LogP contribution in [-0.4, -0.2) is 28.8 Å². The molecule has 0 atom stereocenters. The largest absolute Gasteiger partial charge is 0.259 e. The van der Waals surface area contributed by atoms with Crippen LogP contribution in [-0.2, 0) is 0 Å². The first kappa shape index (κ1) is 30.6. The first-order valence-corrected chi connectivity index (χ1v) is 16.8. The molecule has 0 saturated carbocycles. The van der Waals surface area contributed by atoms with Crippen molar-refractivity contribution in [3.63, 3.8) is 0 Å².